The molecule has 2 unspecified atom stereocenters. The molecule has 0 spiro atoms. The van der Waals surface area contributed by atoms with Gasteiger partial charge in [0.2, 0.25) is 0 Å². The number of hydrogen-bond acceptors (Lipinski definition) is 2. The SMILES string of the molecule is CCCNC(C)CN1CCCCCC1CC. The molecule has 1 N–H and O–H groups in total. The molecule has 1 rings (SSSR count). The minimum absolute atomic E-state index is 0.645. The molecule has 0 aromatic rings. The van der Waals surface area contributed by atoms with Crippen molar-refractivity contribution in [2.24, 2.45) is 0 Å². The fourth-order valence-corrected chi connectivity index (χ4v) is 2.75. The van der Waals surface area contributed by atoms with E-state index in [0.717, 1.165) is 12.6 Å². The Kier molecular flexibility index (Phi) is 7.06. The molecule has 0 aromatic carbocycles. The highest BCUT2D eigenvalue weighted by atomic mass is 15.2. The third-order valence-corrected chi connectivity index (χ3v) is 3.72. The van der Waals surface area contributed by atoms with Gasteiger partial charge >= 0.3 is 0 Å². The van der Waals surface area contributed by atoms with Crippen molar-refractivity contribution < 1.29 is 0 Å². The van der Waals surface area contributed by atoms with Crippen LogP contribution in [0.25, 0.3) is 0 Å². The van der Waals surface area contributed by atoms with Crippen molar-refractivity contribution in [2.45, 2.75) is 71.4 Å². The van der Waals surface area contributed by atoms with Gasteiger partial charge in [-0.3, -0.25) is 4.90 Å². The average molecular weight is 226 g/mol. The number of hydrogen-bond donors (Lipinski definition) is 1. The quantitative estimate of drug-likeness (QED) is 0.749. The van der Waals surface area contributed by atoms with Crippen molar-refractivity contribution in [3.05, 3.63) is 0 Å². The van der Waals surface area contributed by atoms with E-state index in [1.807, 2.05) is 0 Å². The Labute approximate surface area is 102 Å². The van der Waals surface area contributed by atoms with Crippen LogP contribution in [-0.2, 0) is 0 Å². The number of rotatable bonds is 6. The molecule has 1 saturated heterocycles. The lowest BCUT2D eigenvalue weighted by molar-refractivity contribution is 0.178. The van der Waals surface area contributed by atoms with Crippen LogP contribution in [-0.4, -0.2) is 36.6 Å². The smallest absolute Gasteiger partial charge is 0.0166 e. The van der Waals surface area contributed by atoms with Gasteiger partial charge in [0.15, 0.2) is 0 Å². The zero-order valence-electron chi connectivity index (χ0n) is 11.5. The molecule has 1 aliphatic heterocycles. The van der Waals surface area contributed by atoms with Gasteiger partial charge in [0.25, 0.3) is 0 Å². The van der Waals surface area contributed by atoms with Crippen LogP contribution >= 0.6 is 0 Å². The van der Waals surface area contributed by atoms with E-state index in [2.05, 4.69) is 31.0 Å². The summed E-state index contributed by atoms with van der Waals surface area (Å²) in [6, 6.07) is 1.49. The molecule has 96 valence electrons. The van der Waals surface area contributed by atoms with E-state index in [4.69, 9.17) is 0 Å². The maximum Gasteiger partial charge on any atom is 0.0166 e. The minimum atomic E-state index is 0.645. The Morgan fingerprint density at radius 1 is 1.25 bits per heavy atom. The van der Waals surface area contributed by atoms with E-state index in [0.29, 0.717) is 6.04 Å². The lowest BCUT2D eigenvalue weighted by Gasteiger charge is -2.31. The van der Waals surface area contributed by atoms with Gasteiger partial charge in [0.05, 0.1) is 0 Å². The minimum Gasteiger partial charge on any atom is -0.313 e. The predicted octanol–water partition coefficient (Wildman–Crippen LogP) is 3.03. The summed E-state index contributed by atoms with van der Waals surface area (Å²) >= 11 is 0. The predicted molar refractivity (Wildman–Crippen MR) is 71.9 cm³/mol. The monoisotopic (exact) mass is 226 g/mol. The lowest BCUT2D eigenvalue weighted by Crippen LogP contribution is -2.44. The average Bonchev–Trinajstić information content (AvgIpc) is 2.51. The Bertz CT molecular complexity index is 170. The Balaban J connectivity index is 2.35. The number of nitrogens with one attached hydrogen (secondary N) is 1. The molecule has 2 atom stereocenters. The Morgan fingerprint density at radius 3 is 2.75 bits per heavy atom. The molecule has 2 nitrogen and oxygen atoms in total. The first-order valence-electron chi connectivity index (χ1n) is 7.25. The standard InChI is InChI=1S/C14H30N2/c1-4-10-15-13(3)12-16-11-8-6-7-9-14(16)5-2/h13-15H,4-12H2,1-3H3. The molecular formula is C14H30N2. The van der Waals surface area contributed by atoms with Crippen LogP contribution in [0, 0.1) is 0 Å². The van der Waals surface area contributed by atoms with Crippen LogP contribution in [0.5, 0.6) is 0 Å². The fraction of sp³-hybridized carbons (Fsp3) is 1.00. The van der Waals surface area contributed by atoms with Crippen LogP contribution in [0.2, 0.25) is 0 Å². The summed E-state index contributed by atoms with van der Waals surface area (Å²) in [5.74, 6) is 0. The maximum atomic E-state index is 3.60. The third-order valence-electron chi connectivity index (χ3n) is 3.72. The maximum absolute atomic E-state index is 3.60. The number of nitrogens with zero attached hydrogens (tertiary/aromatic N) is 1. The van der Waals surface area contributed by atoms with Gasteiger partial charge in [-0.1, -0.05) is 26.7 Å². The zero-order chi connectivity index (χ0) is 11.8. The molecule has 0 bridgehead atoms. The Hall–Kier alpha value is -0.0800. The summed E-state index contributed by atoms with van der Waals surface area (Å²) < 4.78 is 0. The van der Waals surface area contributed by atoms with Crippen molar-refractivity contribution in [3.63, 3.8) is 0 Å². The van der Waals surface area contributed by atoms with Gasteiger partial charge in [-0.15, -0.1) is 0 Å². The van der Waals surface area contributed by atoms with Crippen LogP contribution in [0.1, 0.15) is 59.3 Å². The molecule has 1 aliphatic rings. The Morgan fingerprint density at radius 2 is 2.06 bits per heavy atom. The van der Waals surface area contributed by atoms with E-state index < -0.39 is 0 Å². The topological polar surface area (TPSA) is 15.3 Å². The first kappa shape index (κ1) is 14.0. The van der Waals surface area contributed by atoms with Crippen molar-refractivity contribution in [2.75, 3.05) is 19.6 Å². The molecule has 0 aromatic heterocycles. The molecule has 0 saturated carbocycles. The van der Waals surface area contributed by atoms with E-state index >= 15 is 0 Å². The highest BCUT2D eigenvalue weighted by Crippen LogP contribution is 2.19. The van der Waals surface area contributed by atoms with Crippen molar-refractivity contribution >= 4 is 0 Å². The second-order valence-electron chi connectivity index (χ2n) is 5.26. The van der Waals surface area contributed by atoms with E-state index in [1.54, 1.807) is 0 Å². The third kappa shape index (κ3) is 4.84. The zero-order valence-corrected chi connectivity index (χ0v) is 11.5. The van der Waals surface area contributed by atoms with Crippen molar-refractivity contribution in [1.82, 2.24) is 10.2 Å². The summed E-state index contributed by atoms with van der Waals surface area (Å²) in [6.07, 6.45) is 8.24. The fourth-order valence-electron chi connectivity index (χ4n) is 2.75. The molecular weight excluding hydrogens is 196 g/mol. The first-order chi connectivity index (χ1) is 7.77. The molecule has 2 heteroatoms. The van der Waals surface area contributed by atoms with Crippen molar-refractivity contribution in [3.8, 4) is 0 Å². The lowest BCUT2D eigenvalue weighted by atomic mass is 10.1. The van der Waals surface area contributed by atoms with Gasteiger partial charge in [0, 0.05) is 18.6 Å². The normalized spacial score (nSPS) is 25.3. The van der Waals surface area contributed by atoms with Gasteiger partial charge in [-0.25, -0.2) is 0 Å². The highest BCUT2D eigenvalue weighted by Gasteiger charge is 2.20. The summed E-state index contributed by atoms with van der Waals surface area (Å²) in [4.78, 5) is 2.72. The van der Waals surface area contributed by atoms with E-state index in [1.165, 1.54) is 51.6 Å². The largest absolute Gasteiger partial charge is 0.313 e. The summed E-state index contributed by atoms with van der Waals surface area (Å²) in [7, 11) is 0. The van der Waals surface area contributed by atoms with Gasteiger partial charge < -0.3 is 5.32 Å². The summed E-state index contributed by atoms with van der Waals surface area (Å²) in [6.45, 7) is 10.6. The first-order valence-corrected chi connectivity index (χ1v) is 7.25. The van der Waals surface area contributed by atoms with Gasteiger partial charge in [-0.2, -0.15) is 0 Å². The van der Waals surface area contributed by atoms with Crippen LogP contribution in [0.3, 0.4) is 0 Å². The molecule has 0 amide bonds. The highest BCUT2D eigenvalue weighted by molar-refractivity contribution is 4.77. The van der Waals surface area contributed by atoms with Crippen LogP contribution in [0.4, 0.5) is 0 Å². The molecule has 16 heavy (non-hydrogen) atoms. The molecule has 1 heterocycles. The van der Waals surface area contributed by atoms with Crippen LogP contribution < -0.4 is 5.32 Å². The molecule has 1 fully saturated rings. The summed E-state index contributed by atoms with van der Waals surface area (Å²) in [5, 5.41) is 3.60. The molecule has 0 aliphatic carbocycles. The van der Waals surface area contributed by atoms with E-state index in [9.17, 15) is 0 Å². The second kappa shape index (κ2) is 8.08. The van der Waals surface area contributed by atoms with Gasteiger partial charge in [0.1, 0.15) is 0 Å². The number of likely N-dealkylation sites (tertiary alicyclic amines) is 1. The van der Waals surface area contributed by atoms with E-state index in [-0.39, 0.29) is 0 Å². The molecule has 0 radical (unpaired) electrons. The second-order valence-corrected chi connectivity index (χ2v) is 5.26. The van der Waals surface area contributed by atoms with Gasteiger partial charge in [-0.05, 0) is 45.7 Å². The summed E-state index contributed by atoms with van der Waals surface area (Å²) in [5.41, 5.74) is 0. The van der Waals surface area contributed by atoms with Crippen LogP contribution in [0.15, 0.2) is 0 Å². The van der Waals surface area contributed by atoms with Crippen molar-refractivity contribution in [1.29, 1.82) is 0 Å².